The molecule has 1 amide bonds. The van der Waals surface area contributed by atoms with E-state index in [1.165, 1.54) is 31.2 Å². The zero-order valence-electron chi connectivity index (χ0n) is 20.8. The minimum atomic E-state index is -0.226. The third kappa shape index (κ3) is 6.33. The van der Waals surface area contributed by atoms with Gasteiger partial charge < -0.3 is 9.80 Å². The molecule has 1 radical (unpaired) electrons. The van der Waals surface area contributed by atoms with Gasteiger partial charge in [0.1, 0.15) is 0 Å². The van der Waals surface area contributed by atoms with Crippen molar-refractivity contribution in [3.8, 4) is 0 Å². The van der Waals surface area contributed by atoms with E-state index in [4.69, 9.17) is 6.57 Å². The van der Waals surface area contributed by atoms with Crippen LogP contribution in [-0.4, -0.2) is 35.6 Å². The quantitative estimate of drug-likeness (QED) is 0.351. The van der Waals surface area contributed by atoms with Crippen LogP contribution in [0, 0.1) is 27.3 Å². The van der Waals surface area contributed by atoms with Gasteiger partial charge in [-0.25, -0.2) is 4.85 Å². The summed E-state index contributed by atoms with van der Waals surface area (Å²) in [7, 11) is 0. The molecule has 0 aromatic heterocycles. The van der Waals surface area contributed by atoms with Crippen LogP contribution >= 0.6 is 0 Å². The molecule has 2 fully saturated rings. The maximum absolute atomic E-state index is 13.3. The van der Waals surface area contributed by atoms with Crippen LogP contribution in [0.15, 0.2) is 42.5 Å². The van der Waals surface area contributed by atoms with Crippen LogP contribution in [0.4, 0.5) is 11.4 Å². The van der Waals surface area contributed by atoms with Crippen LogP contribution in [0.25, 0.3) is 4.85 Å². The summed E-state index contributed by atoms with van der Waals surface area (Å²) in [6.45, 7) is 18.8. The number of likely N-dealkylation sites (N-methyl/N-ethyl adjacent to an activating group) is 1. The average Bonchev–Trinajstić information content (AvgIpc) is 3.62. The minimum absolute atomic E-state index is 0. The molecular formula is C28H38N3OY+. The first-order valence-electron chi connectivity index (χ1n) is 12.1. The maximum Gasteiger partial charge on any atom is 0.285 e. The molecule has 1 heterocycles. The van der Waals surface area contributed by atoms with Gasteiger partial charge >= 0.3 is 0 Å². The zero-order chi connectivity index (χ0) is 23.2. The molecule has 0 unspecified atom stereocenters. The van der Waals surface area contributed by atoms with Crippen molar-refractivity contribution in [3.05, 3.63) is 70.6 Å². The van der Waals surface area contributed by atoms with E-state index < -0.39 is 0 Å². The molecule has 1 saturated carbocycles. The zero-order valence-corrected chi connectivity index (χ0v) is 23.6. The molecular weight excluding hydrogens is 483 g/mol. The summed E-state index contributed by atoms with van der Waals surface area (Å²) in [6.07, 6.45) is 7.08. The van der Waals surface area contributed by atoms with Gasteiger partial charge in [-0.1, -0.05) is 48.0 Å². The summed E-state index contributed by atoms with van der Waals surface area (Å²) in [4.78, 5) is 16.9. The minimum Gasteiger partial charge on any atom is -0.320 e. The van der Waals surface area contributed by atoms with E-state index >= 15 is 0 Å². The monoisotopic (exact) mass is 521 g/mol. The van der Waals surface area contributed by atoms with Gasteiger partial charge in [-0.05, 0) is 64.5 Å². The molecule has 1 saturated heterocycles. The topological polar surface area (TPSA) is 33.5 Å². The van der Waals surface area contributed by atoms with Crippen LogP contribution in [0.5, 0.6) is 0 Å². The average molecular weight is 522 g/mol. The second-order valence-electron chi connectivity index (χ2n) is 9.53. The first-order chi connectivity index (χ1) is 15.4. The van der Waals surface area contributed by atoms with Crippen molar-refractivity contribution < 1.29 is 42.0 Å². The fraction of sp³-hybridized carbons (Fsp3) is 0.500. The first-order valence-corrected chi connectivity index (χ1v) is 12.1. The van der Waals surface area contributed by atoms with E-state index in [0.29, 0.717) is 5.69 Å². The summed E-state index contributed by atoms with van der Waals surface area (Å²) in [6, 6.07) is 14.0. The van der Waals surface area contributed by atoms with Gasteiger partial charge in [0.15, 0.2) is 11.2 Å². The summed E-state index contributed by atoms with van der Waals surface area (Å²) >= 11 is 0. The number of hydrogen-bond donors (Lipinski definition) is 1. The molecule has 4 rings (SSSR count). The molecule has 0 bridgehead atoms. The second kappa shape index (κ2) is 12.2. The number of carbonyl (C=O) groups excluding carboxylic acids is 1. The number of aryl methyl sites for hydroxylation is 3. The van der Waals surface area contributed by atoms with E-state index in [9.17, 15) is 4.79 Å². The van der Waals surface area contributed by atoms with E-state index in [1.807, 2.05) is 44.2 Å². The standard InChI is InChI=1S/C21H29N3O.C7H8.Y/c1-5-24(12-8-6-7-9-13-24)21(10-11-21)20(25)23-19-16(2)14-18(22-4)15-17(19)3;1-7-5-3-2-4-6-7;/h14-15H,5-13H2,1-3H3;2-6H,1H3;/p+1. The Bertz CT molecular complexity index is 945. The number of benzene rings is 2. The molecule has 2 aliphatic rings. The van der Waals surface area contributed by atoms with Gasteiger partial charge in [-0.2, -0.15) is 0 Å². The molecule has 1 aliphatic heterocycles. The van der Waals surface area contributed by atoms with Crippen LogP contribution < -0.4 is 5.32 Å². The van der Waals surface area contributed by atoms with E-state index in [-0.39, 0.29) is 44.2 Å². The van der Waals surface area contributed by atoms with Crippen molar-refractivity contribution in [1.29, 1.82) is 0 Å². The van der Waals surface area contributed by atoms with E-state index in [0.717, 1.165) is 53.8 Å². The molecule has 5 heteroatoms. The van der Waals surface area contributed by atoms with Gasteiger partial charge in [0.05, 0.1) is 26.2 Å². The number of carbonyl (C=O) groups is 1. The number of quaternary nitrogens is 1. The van der Waals surface area contributed by atoms with Crippen molar-refractivity contribution in [2.45, 2.75) is 71.8 Å². The van der Waals surface area contributed by atoms with Crippen molar-refractivity contribution in [2.24, 2.45) is 0 Å². The summed E-state index contributed by atoms with van der Waals surface area (Å²) in [5.41, 5.74) is 4.59. The maximum atomic E-state index is 13.3. The van der Waals surface area contributed by atoms with Gasteiger partial charge in [-0.3, -0.25) is 4.79 Å². The smallest absolute Gasteiger partial charge is 0.285 e. The number of likely N-dealkylation sites (tertiary alicyclic amines) is 1. The number of amides is 1. The number of nitrogens with zero attached hydrogens (tertiary/aromatic N) is 2. The Kier molecular flexibility index (Phi) is 10.3. The third-order valence-corrected chi connectivity index (χ3v) is 7.41. The Balaban J connectivity index is 0.000000413. The van der Waals surface area contributed by atoms with Crippen molar-refractivity contribution >= 4 is 17.3 Å². The molecule has 0 spiro atoms. The predicted molar refractivity (Wildman–Crippen MR) is 133 cm³/mol. The Morgan fingerprint density at radius 1 is 1.00 bits per heavy atom. The molecule has 1 aliphatic carbocycles. The number of rotatable bonds is 4. The molecule has 1 N–H and O–H groups in total. The van der Waals surface area contributed by atoms with Gasteiger partial charge in [0.2, 0.25) is 0 Å². The largest absolute Gasteiger partial charge is 0.320 e. The van der Waals surface area contributed by atoms with Crippen molar-refractivity contribution in [1.82, 2.24) is 0 Å². The predicted octanol–water partition coefficient (Wildman–Crippen LogP) is 6.73. The Morgan fingerprint density at radius 3 is 1.94 bits per heavy atom. The Hall–Kier alpha value is -1.54. The fourth-order valence-corrected chi connectivity index (χ4v) is 5.34. The van der Waals surface area contributed by atoms with E-state index in [1.54, 1.807) is 0 Å². The fourth-order valence-electron chi connectivity index (χ4n) is 5.34. The Morgan fingerprint density at radius 2 is 1.55 bits per heavy atom. The van der Waals surface area contributed by atoms with Gasteiger partial charge in [0.25, 0.3) is 5.91 Å². The van der Waals surface area contributed by atoms with Crippen LogP contribution in [0.1, 0.15) is 62.1 Å². The second-order valence-corrected chi connectivity index (χ2v) is 9.53. The summed E-state index contributed by atoms with van der Waals surface area (Å²) < 4.78 is 0.969. The molecule has 2 aromatic rings. The number of nitrogens with one attached hydrogen (secondary N) is 1. The number of hydrogen-bond acceptors (Lipinski definition) is 1. The van der Waals surface area contributed by atoms with Crippen LogP contribution in [-0.2, 0) is 37.5 Å². The molecule has 2 aromatic carbocycles. The normalized spacial score (nSPS) is 17.8. The molecule has 173 valence electrons. The summed E-state index contributed by atoms with van der Waals surface area (Å²) in [5, 5.41) is 3.25. The molecule has 4 nitrogen and oxygen atoms in total. The molecule has 0 atom stereocenters. The third-order valence-electron chi connectivity index (χ3n) is 7.41. The summed E-state index contributed by atoms with van der Waals surface area (Å²) in [5.74, 6) is 0.193. The van der Waals surface area contributed by atoms with Crippen molar-refractivity contribution in [3.63, 3.8) is 0 Å². The van der Waals surface area contributed by atoms with Gasteiger partial charge in [0, 0.05) is 51.2 Å². The van der Waals surface area contributed by atoms with Gasteiger partial charge in [-0.15, -0.1) is 0 Å². The van der Waals surface area contributed by atoms with E-state index in [2.05, 4.69) is 36.1 Å². The van der Waals surface area contributed by atoms with Crippen LogP contribution in [0.3, 0.4) is 0 Å². The van der Waals surface area contributed by atoms with Crippen molar-refractivity contribution in [2.75, 3.05) is 25.0 Å². The van der Waals surface area contributed by atoms with Crippen LogP contribution in [0.2, 0.25) is 0 Å². The molecule has 33 heavy (non-hydrogen) atoms. The number of anilines is 1. The first kappa shape index (κ1) is 27.7. The Labute approximate surface area is 225 Å². The SMILES string of the molecule is Cc1ccccc1.[C-]#[N+]c1cc(C)c(NC(=O)C2([N+]3(CC)CCCCCC3)CC2)c(C)c1.[Y].